The lowest BCUT2D eigenvalue weighted by Gasteiger charge is -2.17. The molecule has 0 fully saturated rings. The van der Waals surface area contributed by atoms with E-state index in [0.717, 1.165) is 30.3 Å². The van der Waals surface area contributed by atoms with Crippen molar-refractivity contribution in [2.75, 3.05) is 5.75 Å². The molecule has 0 saturated carbocycles. The molecule has 0 aromatic heterocycles. The number of carbonyl (C=O) groups is 1. The first kappa shape index (κ1) is 22.7. The Hall–Kier alpha value is -1.58. The van der Waals surface area contributed by atoms with Crippen LogP contribution in [0.1, 0.15) is 40.9 Å². The van der Waals surface area contributed by atoms with Gasteiger partial charge in [-0.05, 0) is 35.7 Å². The molecule has 152 valence electrons. The van der Waals surface area contributed by atoms with Gasteiger partial charge in [-0.2, -0.15) is 13.2 Å². The monoisotopic (exact) mass is 480 g/mol. The Kier molecular flexibility index (Phi) is 7.91. The summed E-state index contributed by atoms with van der Waals surface area (Å²) < 4.78 is 57.6. The van der Waals surface area contributed by atoms with Gasteiger partial charge in [-0.15, -0.1) is 0 Å². The van der Waals surface area contributed by atoms with E-state index in [-0.39, 0.29) is 22.2 Å². The van der Waals surface area contributed by atoms with Crippen molar-refractivity contribution in [1.82, 2.24) is 0 Å². The van der Waals surface area contributed by atoms with Gasteiger partial charge in [0.1, 0.15) is 5.75 Å². The van der Waals surface area contributed by atoms with Crippen molar-refractivity contribution in [3.05, 3.63) is 58.9 Å². The average Bonchev–Trinajstić information content (AvgIpc) is 2.66. The highest BCUT2D eigenvalue weighted by Gasteiger charge is 2.39. The van der Waals surface area contributed by atoms with Crippen molar-refractivity contribution in [2.45, 2.75) is 31.0 Å². The first-order chi connectivity index (χ1) is 13.2. The van der Waals surface area contributed by atoms with Crippen LogP contribution >= 0.6 is 27.7 Å². The number of aliphatic hydroxyl groups is 1. The van der Waals surface area contributed by atoms with Crippen LogP contribution in [-0.4, -0.2) is 22.2 Å². The summed E-state index contributed by atoms with van der Waals surface area (Å²) in [6.45, 7) is 1.93. The van der Waals surface area contributed by atoms with Gasteiger partial charge in [0.2, 0.25) is 5.12 Å². The summed E-state index contributed by atoms with van der Waals surface area (Å²) in [7, 11) is 0. The largest absolute Gasteiger partial charge is 0.453 e. The van der Waals surface area contributed by atoms with Crippen molar-refractivity contribution in [3.63, 3.8) is 0 Å². The molecule has 0 spiro atoms. The first-order valence-electron chi connectivity index (χ1n) is 8.26. The molecule has 28 heavy (non-hydrogen) atoms. The maximum Gasteiger partial charge on any atom is 0.418 e. The number of hydrogen-bond acceptors (Lipinski definition) is 4. The minimum Gasteiger partial charge on any atom is -0.453 e. The second kappa shape index (κ2) is 9.76. The Bertz CT molecular complexity index is 842. The molecule has 1 unspecified atom stereocenters. The zero-order chi connectivity index (χ0) is 20.9. The number of hydrogen-bond donors (Lipinski definition) is 1. The molecular formula is C19H17BrF4O3S. The maximum absolute atomic E-state index is 14.3. The van der Waals surface area contributed by atoms with Gasteiger partial charge in [-0.1, -0.05) is 52.8 Å². The third-order valence-corrected chi connectivity index (χ3v) is 5.38. The van der Waals surface area contributed by atoms with E-state index in [2.05, 4.69) is 15.9 Å². The summed E-state index contributed by atoms with van der Waals surface area (Å²) in [6, 6.07) is 7.33. The highest BCUT2D eigenvalue weighted by molar-refractivity contribution is 9.08. The molecule has 1 atom stereocenters. The fourth-order valence-electron chi connectivity index (χ4n) is 2.35. The number of aliphatic hydroxyl groups excluding tert-OH is 1. The zero-order valence-corrected chi connectivity index (χ0v) is 17.1. The quantitative estimate of drug-likeness (QED) is 0.368. The normalized spacial score (nSPS) is 12.7. The molecule has 0 bridgehead atoms. The van der Waals surface area contributed by atoms with E-state index in [1.54, 1.807) is 12.1 Å². The van der Waals surface area contributed by atoms with Gasteiger partial charge in [0.25, 0.3) is 0 Å². The highest BCUT2D eigenvalue weighted by atomic mass is 79.9. The Morgan fingerprint density at radius 2 is 1.96 bits per heavy atom. The van der Waals surface area contributed by atoms with Crippen molar-refractivity contribution < 1.29 is 32.2 Å². The van der Waals surface area contributed by atoms with Gasteiger partial charge in [0.15, 0.2) is 17.7 Å². The maximum atomic E-state index is 14.3. The van der Waals surface area contributed by atoms with Gasteiger partial charge >= 0.3 is 6.18 Å². The lowest BCUT2D eigenvalue weighted by Crippen LogP contribution is -2.20. The minimum atomic E-state index is -4.91. The smallest absolute Gasteiger partial charge is 0.418 e. The summed E-state index contributed by atoms with van der Waals surface area (Å²) in [5, 5.41) is 9.38. The summed E-state index contributed by atoms with van der Waals surface area (Å²) in [5.74, 6) is -0.717. The summed E-state index contributed by atoms with van der Waals surface area (Å²) in [4.78, 5) is 12.5. The number of halogens is 5. The van der Waals surface area contributed by atoms with Crippen LogP contribution in [0.3, 0.4) is 0 Å². The molecule has 2 aromatic rings. The van der Waals surface area contributed by atoms with Crippen molar-refractivity contribution in [1.29, 1.82) is 0 Å². The molecule has 2 rings (SSSR count). The average molecular weight is 481 g/mol. The zero-order valence-electron chi connectivity index (χ0n) is 14.7. The molecule has 2 aromatic carbocycles. The topological polar surface area (TPSA) is 46.5 Å². The van der Waals surface area contributed by atoms with E-state index in [1.165, 1.54) is 6.07 Å². The number of ether oxygens (including phenoxy) is 1. The van der Waals surface area contributed by atoms with E-state index in [9.17, 15) is 27.5 Å². The molecule has 0 saturated heterocycles. The summed E-state index contributed by atoms with van der Waals surface area (Å²) in [5.41, 5.74) is 0.286. The highest BCUT2D eigenvalue weighted by Crippen LogP contribution is 2.36. The number of benzene rings is 2. The van der Waals surface area contributed by atoms with Crippen LogP contribution < -0.4 is 4.74 Å². The molecule has 0 amide bonds. The van der Waals surface area contributed by atoms with Crippen molar-refractivity contribution >= 4 is 32.8 Å². The molecule has 0 aliphatic carbocycles. The number of carbonyl (C=O) groups excluding carboxylic acids is 1. The molecule has 1 N–H and O–H groups in total. The van der Waals surface area contributed by atoms with E-state index >= 15 is 0 Å². The minimum absolute atomic E-state index is 0.105. The van der Waals surface area contributed by atoms with Gasteiger partial charge in [0.05, 0.1) is 5.56 Å². The Balaban J connectivity index is 2.36. The van der Waals surface area contributed by atoms with Crippen LogP contribution in [0.15, 0.2) is 36.4 Å². The third-order valence-electron chi connectivity index (χ3n) is 3.70. The predicted molar refractivity (Wildman–Crippen MR) is 104 cm³/mol. The van der Waals surface area contributed by atoms with Crippen molar-refractivity contribution in [3.8, 4) is 11.5 Å². The van der Waals surface area contributed by atoms with Crippen LogP contribution in [0.25, 0.3) is 0 Å². The fraction of sp³-hybridized carbons (Fsp3) is 0.316. The fourth-order valence-corrected chi connectivity index (χ4v) is 3.58. The van der Waals surface area contributed by atoms with Gasteiger partial charge in [-0.25, -0.2) is 4.39 Å². The Labute approximate surface area is 172 Å². The number of alkyl halides is 4. The second-order valence-corrected chi connectivity index (χ2v) is 7.42. The molecule has 0 radical (unpaired) electrons. The number of thioether (sulfide) groups is 1. The standard InChI is InChI=1S/C19H17BrF4O3S/c1-2-8-28-18(26)16-12(10-20)4-3-5-15(16)27-14-7-6-11(9-13(14)21)17(25)19(22,23)24/h3-7,9,17,25H,2,8,10H2,1H3. The van der Waals surface area contributed by atoms with E-state index in [0.29, 0.717) is 22.7 Å². The molecule has 0 aliphatic heterocycles. The Morgan fingerprint density at radius 1 is 1.25 bits per heavy atom. The Morgan fingerprint density at radius 3 is 2.54 bits per heavy atom. The van der Waals surface area contributed by atoms with Gasteiger partial charge in [0, 0.05) is 11.1 Å². The van der Waals surface area contributed by atoms with Crippen LogP contribution in [0.2, 0.25) is 0 Å². The molecule has 9 heteroatoms. The van der Waals surface area contributed by atoms with Crippen molar-refractivity contribution in [2.24, 2.45) is 0 Å². The van der Waals surface area contributed by atoms with Crippen LogP contribution in [0, 0.1) is 5.82 Å². The van der Waals surface area contributed by atoms with Gasteiger partial charge in [-0.3, -0.25) is 4.79 Å². The summed E-state index contributed by atoms with van der Waals surface area (Å²) in [6.07, 6.45) is -6.91. The molecule has 3 nitrogen and oxygen atoms in total. The lowest BCUT2D eigenvalue weighted by molar-refractivity contribution is -0.206. The molecule has 0 aliphatic rings. The number of rotatable bonds is 7. The summed E-state index contributed by atoms with van der Waals surface area (Å²) >= 11 is 4.40. The molecular weight excluding hydrogens is 464 g/mol. The van der Waals surface area contributed by atoms with E-state index in [4.69, 9.17) is 4.74 Å². The van der Waals surface area contributed by atoms with Gasteiger partial charge < -0.3 is 9.84 Å². The second-order valence-electron chi connectivity index (χ2n) is 5.80. The predicted octanol–water partition coefficient (Wildman–Crippen LogP) is 6.39. The van der Waals surface area contributed by atoms with Crippen LogP contribution in [0.4, 0.5) is 17.6 Å². The van der Waals surface area contributed by atoms with E-state index < -0.39 is 23.7 Å². The van der Waals surface area contributed by atoms with Crippen LogP contribution in [0.5, 0.6) is 11.5 Å². The third kappa shape index (κ3) is 5.48. The SMILES string of the molecule is CCCSC(=O)c1c(CBr)cccc1Oc1ccc(C(O)C(F)(F)F)cc1F. The first-order valence-corrected chi connectivity index (χ1v) is 10.4. The van der Waals surface area contributed by atoms with Crippen LogP contribution in [-0.2, 0) is 5.33 Å². The lowest BCUT2D eigenvalue weighted by atomic mass is 10.1. The van der Waals surface area contributed by atoms with E-state index in [1.807, 2.05) is 6.92 Å². The molecule has 0 heterocycles.